The Morgan fingerprint density at radius 3 is 2.65 bits per heavy atom. The van der Waals surface area contributed by atoms with Crippen molar-refractivity contribution in [2.75, 3.05) is 31.1 Å². The van der Waals surface area contributed by atoms with Crippen LogP contribution in [0.4, 0.5) is 5.82 Å². The van der Waals surface area contributed by atoms with Gasteiger partial charge in [0.15, 0.2) is 0 Å². The van der Waals surface area contributed by atoms with E-state index in [1.54, 1.807) is 0 Å². The van der Waals surface area contributed by atoms with Crippen LogP contribution in [0, 0.1) is 5.41 Å². The van der Waals surface area contributed by atoms with E-state index in [0.29, 0.717) is 0 Å². The van der Waals surface area contributed by atoms with Crippen molar-refractivity contribution in [3.8, 4) is 0 Å². The van der Waals surface area contributed by atoms with Crippen LogP contribution >= 0.6 is 0 Å². The zero-order chi connectivity index (χ0) is 12.3. The lowest BCUT2D eigenvalue weighted by atomic mass is 9.92. The van der Waals surface area contributed by atoms with Gasteiger partial charge in [0, 0.05) is 38.8 Å². The summed E-state index contributed by atoms with van der Waals surface area (Å²) in [4.78, 5) is 11.4. The molecule has 2 rings (SSSR count). The Bertz CT molecular complexity index is 364. The first-order valence-corrected chi connectivity index (χ1v) is 6.32. The summed E-state index contributed by atoms with van der Waals surface area (Å²) in [7, 11) is 0. The van der Waals surface area contributed by atoms with Crippen LogP contribution in [-0.4, -0.2) is 36.1 Å². The quantitative estimate of drug-likeness (QED) is 0.841. The average Bonchev–Trinajstić information content (AvgIpc) is 2.28. The molecule has 4 nitrogen and oxygen atoms in total. The molecule has 0 saturated carbocycles. The third kappa shape index (κ3) is 3.66. The molecule has 1 aliphatic heterocycles. The number of anilines is 1. The van der Waals surface area contributed by atoms with Crippen LogP contribution < -0.4 is 10.2 Å². The summed E-state index contributed by atoms with van der Waals surface area (Å²) in [5, 5.41) is 3.35. The zero-order valence-electron chi connectivity index (χ0n) is 11.0. The van der Waals surface area contributed by atoms with E-state index in [4.69, 9.17) is 0 Å². The smallest absolute Gasteiger partial charge is 0.132 e. The van der Waals surface area contributed by atoms with Crippen LogP contribution in [0.25, 0.3) is 0 Å². The van der Waals surface area contributed by atoms with Crippen molar-refractivity contribution in [1.82, 2.24) is 15.3 Å². The van der Waals surface area contributed by atoms with Gasteiger partial charge < -0.3 is 10.2 Å². The van der Waals surface area contributed by atoms with Crippen molar-refractivity contribution in [1.29, 1.82) is 0 Å². The number of nitrogens with zero attached hydrogens (tertiary/aromatic N) is 3. The van der Waals surface area contributed by atoms with Crippen LogP contribution in [-0.2, 0) is 6.42 Å². The average molecular weight is 234 g/mol. The van der Waals surface area contributed by atoms with Crippen LogP contribution in [0.15, 0.2) is 12.3 Å². The molecule has 1 aromatic rings. The summed E-state index contributed by atoms with van der Waals surface area (Å²) in [5.41, 5.74) is 0.238. The molecule has 0 aliphatic carbocycles. The van der Waals surface area contributed by atoms with Gasteiger partial charge in [-0.1, -0.05) is 20.8 Å². The molecule has 1 aliphatic rings. The van der Waals surface area contributed by atoms with Gasteiger partial charge in [-0.25, -0.2) is 9.97 Å². The minimum atomic E-state index is 0.238. The number of rotatable bonds is 2. The molecular formula is C13H22N4. The molecule has 4 heteroatoms. The molecule has 0 atom stereocenters. The predicted molar refractivity (Wildman–Crippen MR) is 70.3 cm³/mol. The van der Waals surface area contributed by atoms with E-state index in [0.717, 1.165) is 44.2 Å². The highest BCUT2D eigenvalue weighted by molar-refractivity contribution is 5.38. The second-order valence-corrected chi connectivity index (χ2v) is 5.81. The van der Waals surface area contributed by atoms with E-state index in [9.17, 15) is 0 Å². The molecule has 17 heavy (non-hydrogen) atoms. The topological polar surface area (TPSA) is 41.1 Å². The number of aromatic nitrogens is 2. The van der Waals surface area contributed by atoms with Gasteiger partial charge in [-0.3, -0.25) is 0 Å². The predicted octanol–water partition coefficient (Wildman–Crippen LogP) is 1.47. The van der Waals surface area contributed by atoms with Crippen LogP contribution in [0.2, 0.25) is 0 Å². The van der Waals surface area contributed by atoms with Crippen molar-refractivity contribution in [3.63, 3.8) is 0 Å². The summed E-state index contributed by atoms with van der Waals surface area (Å²) in [6, 6.07) is 2.01. The largest absolute Gasteiger partial charge is 0.354 e. The monoisotopic (exact) mass is 234 g/mol. The van der Waals surface area contributed by atoms with Crippen molar-refractivity contribution in [3.05, 3.63) is 18.1 Å². The maximum Gasteiger partial charge on any atom is 0.132 e. The fourth-order valence-electron chi connectivity index (χ4n) is 2.02. The highest BCUT2D eigenvalue weighted by Crippen LogP contribution is 2.19. The first-order chi connectivity index (χ1) is 8.04. The fourth-order valence-corrected chi connectivity index (χ4v) is 2.02. The molecule has 0 amide bonds. The molecule has 1 aromatic heterocycles. The SMILES string of the molecule is CC(C)(C)Cc1nccc(N2CCNCC2)n1. The van der Waals surface area contributed by atoms with Gasteiger partial charge >= 0.3 is 0 Å². The van der Waals surface area contributed by atoms with E-state index in [1.807, 2.05) is 12.3 Å². The summed E-state index contributed by atoms with van der Waals surface area (Å²) >= 11 is 0. The van der Waals surface area contributed by atoms with Gasteiger partial charge in [-0.15, -0.1) is 0 Å². The van der Waals surface area contributed by atoms with Crippen molar-refractivity contribution < 1.29 is 0 Å². The third-order valence-corrected chi connectivity index (χ3v) is 2.82. The highest BCUT2D eigenvalue weighted by Gasteiger charge is 2.16. The molecule has 0 radical (unpaired) electrons. The fraction of sp³-hybridized carbons (Fsp3) is 0.692. The molecule has 0 bridgehead atoms. The molecule has 0 aromatic carbocycles. The highest BCUT2D eigenvalue weighted by atomic mass is 15.2. The van der Waals surface area contributed by atoms with E-state index >= 15 is 0 Å². The van der Waals surface area contributed by atoms with Gasteiger partial charge in [0.05, 0.1) is 0 Å². The van der Waals surface area contributed by atoms with E-state index in [2.05, 4.69) is 41.0 Å². The van der Waals surface area contributed by atoms with Gasteiger partial charge in [0.1, 0.15) is 11.6 Å². The Morgan fingerprint density at radius 2 is 2.00 bits per heavy atom. The molecular weight excluding hydrogens is 212 g/mol. The molecule has 1 N–H and O–H groups in total. The van der Waals surface area contributed by atoms with Gasteiger partial charge in [-0.05, 0) is 11.5 Å². The standard InChI is InChI=1S/C13H22N4/c1-13(2,3)10-11-15-5-4-12(16-11)17-8-6-14-7-9-17/h4-5,14H,6-10H2,1-3H3. The zero-order valence-corrected chi connectivity index (χ0v) is 11.0. The Labute approximate surface area is 103 Å². The second-order valence-electron chi connectivity index (χ2n) is 5.81. The maximum absolute atomic E-state index is 4.67. The molecule has 0 unspecified atom stereocenters. The molecule has 1 fully saturated rings. The Balaban J connectivity index is 2.10. The van der Waals surface area contributed by atoms with E-state index in [-0.39, 0.29) is 5.41 Å². The number of piperazine rings is 1. The first kappa shape index (κ1) is 12.3. The lowest BCUT2D eigenvalue weighted by Crippen LogP contribution is -2.44. The Hall–Kier alpha value is -1.16. The summed E-state index contributed by atoms with van der Waals surface area (Å²) in [6.45, 7) is 10.8. The van der Waals surface area contributed by atoms with Crippen LogP contribution in [0.1, 0.15) is 26.6 Å². The molecule has 94 valence electrons. The van der Waals surface area contributed by atoms with Crippen LogP contribution in [0.5, 0.6) is 0 Å². The minimum absolute atomic E-state index is 0.238. The van der Waals surface area contributed by atoms with Gasteiger partial charge in [0.25, 0.3) is 0 Å². The maximum atomic E-state index is 4.67. The van der Waals surface area contributed by atoms with Crippen molar-refractivity contribution in [2.24, 2.45) is 5.41 Å². The molecule has 1 saturated heterocycles. The normalized spacial score (nSPS) is 17.2. The minimum Gasteiger partial charge on any atom is -0.354 e. The first-order valence-electron chi connectivity index (χ1n) is 6.32. The molecule has 0 spiro atoms. The van der Waals surface area contributed by atoms with Gasteiger partial charge in [0.2, 0.25) is 0 Å². The number of nitrogens with one attached hydrogen (secondary N) is 1. The molecule has 2 heterocycles. The van der Waals surface area contributed by atoms with E-state index in [1.165, 1.54) is 0 Å². The lowest BCUT2D eigenvalue weighted by Gasteiger charge is -2.28. The third-order valence-electron chi connectivity index (χ3n) is 2.82. The summed E-state index contributed by atoms with van der Waals surface area (Å²) < 4.78 is 0. The van der Waals surface area contributed by atoms with Crippen molar-refractivity contribution >= 4 is 5.82 Å². The Kier molecular flexibility index (Phi) is 3.62. The summed E-state index contributed by atoms with van der Waals surface area (Å²) in [5.74, 6) is 2.02. The second kappa shape index (κ2) is 5.00. The van der Waals surface area contributed by atoms with E-state index < -0.39 is 0 Å². The lowest BCUT2D eigenvalue weighted by molar-refractivity contribution is 0.400. The van der Waals surface area contributed by atoms with Gasteiger partial charge in [-0.2, -0.15) is 0 Å². The number of hydrogen-bond acceptors (Lipinski definition) is 4. The number of hydrogen-bond donors (Lipinski definition) is 1. The summed E-state index contributed by atoms with van der Waals surface area (Å²) in [6.07, 6.45) is 2.80. The van der Waals surface area contributed by atoms with Crippen molar-refractivity contribution in [2.45, 2.75) is 27.2 Å². The Morgan fingerprint density at radius 1 is 1.29 bits per heavy atom. The van der Waals surface area contributed by atoms with Crippen LogP contribution in [0.3, 0.4) is 0 Å².